The molecule has 1 aromatic rings. The Morgan fingerprint density at radius 3 is 2.45 bits per heavy atom. The topological polar surface area (TPSA) is 58.2 Å². The molecule has 0 radical (unpaired) electrons. The summed E-state index contributed by atoms with van der Waals surface area (Å²) in [7, 11) is 0. The molecule has 20 heavy (non-hydrogen) atoms. The van der Waals surface area contributed by atoms with Gasteiger partial charge in [-0.1, -0.05) is 36.8 Å². The summed E-state index contributed by atoms with van der Waals surface area (Å²) in [5, 5.41) is 5.33. The van der Waals surface area contributed by atoms with Crippen molar-refractivity contribution in [2.45, 2.75) is 26.0 Å². The minimum Gasteiger partial charge on any atom is -0.355 e. The molecule has 0 aromatic heterocycles. The van der Waals surface area contributed by atoms with Gasteiger partial charge in [0.05, 0.1) is 12.3 Å². The maximum Gasteiger partial charge on any atom is 0.239 e. The van der Waals surface area contributed by atoms with Gasteiger partial charge in [-0.3, -0.25) is 9.59 Å². The van der Waals surface area contributed by atoms with Crippen molar-refractivity contribution in [1.82, 2.24) is 10.6 Å². The first kappa shape index (κ1) is 16.6. The van der Waals surface area contributed by atoms with Gasteiger partial charge in [0.1, 0.15) is 0 Å². The van der Waals surface area contributed by atoms with Crippen LogP contribution in [0.15, 0.2) is 24.3 Å². The molecule has 0 saturated heterocycles. The molecule has 4 nitrogen and oxygen atoms in total. The van der Waals surface area contributed by atoms with E-state index in [0.717, 1.165) is 12.2 Å². The number of thioether (sulfide) groups is 1. The maximum atomic E-state index is 11.6. The van der Waals surface area contributed by atoms with Gasteiger partial charge in [-0.2, -0.15) is 0 Å². The Bertz CT molecular complexity index is 432. The fourth-order valence-corrected chi connectivity index (χ4v) is 2.32. The van der Waals surface area contributed by atoms with Crippen molar-refractivity contribution >= 4 is 23.6 Å². The van der Waals surface area contributed by atoms with Crippen LogP contribution in [0.3, 0.4) is 0 Å². The second kappa shape index (κ2) is 9.42. The number of aryl methyl sites for hydroxylation is 1. The second-order valence-electron chi connectivity index (χ2n) is 4.61. The van der Waals surface area contributed by atoms with E-state index in [1.807, 2.05) is 13.8 Å². The summed E-state index contributed by atoms with van der Waals surface area (Å²) in [4.78, 5) is 22.9. The Labute approximate surface area is 124 Å². The molecule has 0 bridgehead atoms. The van der Waals surface area contributed by atoms with Gasteiger partial charge >= 0.3 is 0 Å². The van der Waals surface area contributed by atoms with Gasteiger partial charge in [0.2, 0.25) is 11.8 Å². The number of carbonyl (C=O) groups excluding carboxylic acids is 2. The number of hydrogen-bond acceptors (Lipinski definition) is 3. The van der Waals surface area contributed by atoms with Crippen LogP contribution in [0.2, 0.25) is 0 Å². The predicted molar refractivity (Wildman–Crippen MR) is 83.7 cm³/mol. The summed E-state index contributed by atoms with van der Waals surface area (Å²) in [5.74, 6) is 0.933. The Hall–Kier alpha value is -1.49. The van der Waals surface area contributed by atoms with E-state index in [1.165, 1.54) is 11.1 Å². The lowest BCUT2D eigenvalue weighted by Gasteiger charge is -2.06. The summed E-state index contributed by atoms with van der Waals surface area (Å²) in [6.45, 7) is 4.75. The van der Waals surface area contributed by atoms with Crippen LogP contribution < -0.4 is 10.6 Å². The Balaban J connectivity index is 2.14. The predicted octanol–water partition coefficient (Wildman–Crippen LogP) is 1.87. The van der Waals surface area contributed by atoms with E-state index < -0.39 is 0 Å². The van der Waals surface area contributed by atoms with E-state index in [2.05, 4.69) is 34.9 Å². The third-order valence-corrected chi connectivity index (χ3v) is 3.64. The smallest absolute Gasteiger partial charge is 0.239 e. The lowest BCUT2D eigenvalue weighted by atomic mass is 10.2. The van der Waals surface area contributed by atoms with E-state index >= 15 is 0 Å². The van der Waals surface area contributed by atoms with Crippen molar-refractivity contribution < 1.29 is 9.59 Å². The summed E-state index contributed by atoms with van der Waals surface area (Å²) < 4.78 is 0. The zero-order valence-corrected chi connectivity index (χ0v) is 12.9. The monoisotopic (exact) mass is 294 g/mol. The number of nitrogens with one attached hydrogen (secondary N) is 2. The van der Waals surface area contributed by atoms with Crippen molar-refractivity contribution in [1.29, 1.82) is 0 Å². The lowest BCUT2D eigenvalue weighted by Crippen LogP contribution is -2.37. The van der Waals surface area contributed by atoms with Crippen molar-refractivity contribution in [2.75, 3.05) is 18.8 Å². The first-order valence-corrected chi connectivity index (χ1v) is 7.94. The van der Waals surface area contributed by atoms with Gasteiger partial charge in [0, 0.05) is 12.3 Å². The third-order valence-electron chi connectivity index (χ3n) is 2.64. The maximum absolute atomic E-state index is 11.6. The molecule has 0 aliphatic heterocycles. The standard InChI is InChI=1S/C15H22N2O2S/c1-3-8-16-14(18)9-17-15(19)11-20-10-13-6-4-12(2)5-7-13/h4-7H,3,8-11H2,1-2H3,(H,16,18)(H,17,19). The molecule has 0 atom stereocenters. The first-order valence-electron chi connectivity index (χ1n) is 6.78. The zero-order valence-electron chi connectivity index (χ0n) is 12.1. The molecule has 0 heterocycles. The molecular weight excluding hydrogens is 272 g/mol. The zero-order chi connectivity index (χ0) is 14.8. The normalized spacial score (nSPS) is 10.1. The highest BCUT2D eigenvalue weighted by Gasteiger charge is 2.05. The molecular formula is C15H22N2O2S. The number of amides is 2. The minimum absolute atomic E-state index is 0.0594. The van der Waals surface area contributed by atoms with Crippen LogP contribution in [-0.2, 0) is 15.3 Å². The van der Waals surface area contributed by atoms with Gasteiger partial charge < -0.3 is 10.6 Å². The molecule has 0 spiro atoms. The van der Waals surface area contributed by atoms with Crippen molar-refractivity contribution in [3.8, 4) is 0 Å². The minimum atomic E-state index is -0.135. The highest BCUT2D eigenvalue weighted by molar-refractivity contribution is 7.99. The van der Waals surface area contributed by atoms with E-state index in [-0.39, 0.29) is 18.4 Å². The van der Waals surface area contributed by atoms with E-state index in [9.17, 15) is 9.59 Å². The Kier molecular flexibility index (Phi) is 7.80. The lowest BCUT2D eigenvalue weighted by molar-refractivity contribution is -0.124. The van der Waals surface area contributed by atoms with Crippen LogP contribution in [0.4, 0.5) is 0 Å². The molecule has 2 amide bonds. The van der Waals surface area contributed by atoms with Gasteiger partial charge in [0.15, 0.2) is 0 Å². The third kappa shape index (κ3) is 7.19. The van der Waals surface area contributed by atoms with Crippen LogP contribution in [0.1, 0.15) is 24.5 Å². The number of rotatable bonds is 8. The summed E-state index contributed by atoms with van der Waals surface area (Å²) in [6, 6.07) is 8.26. The van der Waals surface area contributed by atoms with Gasteiger partial charge in [0.25, 0.3) is 0 Å². The molecule has 0 fully saturated rings. The molecule has 110 valence electrons. The molecule has 0 unspecified atom stereocenters. The number of carbonyl (C=O) groups is 2. The summed E-state index contributed by atoms with van der Waals surface area (Å²) >= 11 is 1.55. The molecule has 1 rings (SSSR count). The van der Waals surface area contributed by atoms with Crippen LogP contribution in [0.5, 0.6) is 0 Å². The molecule has 1 aromatic carbocycles. The SMILES string of the molecule is CCCNC(=O)CNC(=O)CSCc1ccc(C)cc1. The van der Waals surface area contributed by atoms with E-state index in [1.54, 1.807) is 11.8 Å². The molecule has 5 heteroatoms. The van der Waals surface area contributed by atoms with Crippen LogP contribution in [-0.4, -0.2) is 30.7 Å². The Morgan fingerprint density at radius 2 is 1.80 bits per heavy atom. The van der Waals surface area contributed by atoms with Crippen LogP contribution in [0.25, 0.3) is 0 Å². The first-order chi connectivity index (χ1) is 9.61. The Morgan fingerprint density at radius 1 is 1.10 bits per heavy atom. The van der Waals surface area contributed by atoms with Crippen molar-refractivity contribution in [2.24, 2.45) is 0 Å². The quantitative estimate of drug-likeness (QED) is 0.769. The van der Waals surface area contributed by atoms with Gasteiger partial charge in [-0.25, -0.2) is 0 Å². The molecule has 0 saturated carbocycles. The summed E-state index contributed by atoms with van der Waals surface area (Å²) in [6.07, 6.45) is 0.895. The average Bonchev–Trinajstić information content (AvgIpc) is 2.45. The number of hydrogen-bond donors (Lipinski definition) is 2. The van der Waals surface area contributed by atoms with Gasteiger partial charge in [-0.05, 0) is 18.9 Å². The van der Waals surface area contributed by atoms with Gasteiger partial charge in [-0.15, -0.1) is 11.8 Å². The average molecular weight is 294 g/mol. The van der Waals surface area contributed by atoms with Crippen LogP contribution in [0, 0.1) is 6.92 Å². The highest BCUT2D eigenvalue weighted by Crippen LogP contribution is 2.12. The molecule has 0 aliphatic rings. The fraction of sp³-hybridized carbons (Fsp3) is 0.467. The fourth-order valence-electron chi connectivity index (χ4n) is 1.50. The number of benzene rings is 1. The van der Waals surface area contributed by atoms with Crippen molar-refractivity contribution in [3.63, 3.8) is 0 Å². The van der Waals surface area contributed by atoms with Crippen molar-refractivity contribution in [3.05, 3.63) is 35.4 Å². The highest BCUT2D eigenvalue weighted by atomic mass is 32.2. The van der Waals surface area contributed by atoms with E-state index in [4.69, 9.17) is 0 Å². The molecule has 2 N–H and O–H groups in total. The molecule has 0 aliphatic carbocycles. The largest absolute Gasteiger partial charge is 0.355 e. The summed E-state index contributed by atoms with van der Waals surface area (Å²) in [5.41, 5.74) is 2.43. The van der Waals surface area contributed by atoms with E-state index in [0.29, 0.717) is 12.3 Å². The van der Waals surface area contributed by atoms with Crippen LogP contribution >= 0.6 is 11.8 Å². The second-order valence-corrected chi connectivity index (χ2v) is 5.59.